The van der Waals surface area contributed by atoms with Crippen molar-refractivity contribution in [2.45, 2.75) is 38.3 Å². The molecule has 0 saturated carbocycles. The van der Waals surface area contributed by atoms with E-state index in [0.29, 0.717) is 0 Å². The Kier molecular flexibility index (Phi) is 3.89. The lowest BCUT2D eigenvalue weighted by Crippen LogP contribution is -2.55. The van der Waals surface area contributed by atoms with Gasteiger partial charge in [0.2, 0.25) is 0 Å². The first-order valence-corrected chi connectivity index (χ1v) is 5.17. The molecule has 0 aromatic carbocycles. The highest BCUT2D eigenvalue weighted by Crippen LogP contribution is 2.22. The van der Waals surface area contributed by atoms with Gasteiger partial charge in [0.05, 0.1) is 0 Å². The smallest absolute Gasteiger partial charge is 0.252 e. The standard InChI is InChI=1S/C10H20N2O2/c1-8(2)12-9(13)10(14-3)4-6-11-7-5-10/h8,11H,4-7H2,1-3H3,(H,12,13). The van der Waals surface area contributed by atoms with Crippen LogP contribution in [0.4, 0.5) is 0 Å². The summed E-state index contributed by atoms with van der Waals surface area (Å²) in [5, 5.41) is 6.13. The molecular formula is C10H20N2O2. The molecular weight excluding hydrogens is 180 g/mol. The van der Waals surface area contributed by atoms with Crippen LogP contribution in [0.5, 0.6) is 0 Å². The molecule has 0 aromatic heterocycles. The van der Waals surface area contributed by atoms with E-state index in [2.05, 4.69) is 10.6 Å². The molecule has 1 fully saturated rings. The summed E-state index contributed by atoms with van der Waals surface area (Å²) in [7, 11) is 1.62. The molecule has 0 radical (unpaired) electrons. The van der Waals surface area contributed by atoms with Crippen molar-refractivity contribution in [1.82, 2.24) is 10.6 Å². The molecule has 2 N–H and O–H groups in total. The van der Waals surface area contributed by atoms with E-state index in [1.165, 1.54) is 0 Å². The second-order valence-corrected chi connectivity index (χ2v) is 4.08. The summed E-state index contributed by atoms with van der Waals surface area (Å²) < 4.78 is 5.39. The maximum absolute atomic E-state index is 11.9. The molecule has 0 bridgehead atoms. The third-order valence-corrected chi connectivity index (χ3v) is 2.64. The van der Waals surface area contributed by atoms with Gasteiger partial charge in [0.25, 0.3) is 5.91 Å². The fourth-order valence-electron chi connectivity index (χ4n) is 1.75. The highest BCUT2D eigenvalue weighted by atomic mass is 16.5. The van der Waals surface area contributed by atoms with Crippen LogP contribution in [0.1, 0.15) is 26.7 Å². The largest absolute Gasteiger partial charge is 0.368 e. The van der Waals surface area contributed by atoms with Crippen LogP contribution in [0.3, 0.4) is 0 Å². The highest BCUT2D eigenvalue weighted by molar-refractivity contribution is 5.85. The van der Waals surface area contributed by atoms with Crippen molar-refractivity contribution in [3.8, 4) is 0 Å². The Morgan fingerprint density at radius 2 is 2.00 bits per heavy atom. The quantitative estimate of drug-likeness (QED) is 0.688. The second-order valence-electron chi connectivity index (χ2n) is 4.08. The molecule has 1 aliphatic heterocycles. The summed E-state index contributed by atoms with van der Waals surface area (Å²) in [4.78, 5) is 11.9. The monoisotopic (exact) mass is 200 g/mol. The molecule has 1 saturated heterocycles. The number of rotatable bonds is 3. The minimum absolute atomic E-state index is 0.0245. The van der Waals surface area contributed by atoms with Crippen LogP contribution in [0.2, 0.25) is 0 Å². The van der Waals surface area contributed by atoms with Gasteiger partial charge in [0.15, 0.2) is 0 Å². The van der Waals surface area contributed by atoms with E-state index < -0.39 is 5.60 Å². The first-order chi connectivity index (χ1) is 6.60. The molecule has 1 amide bonds. The molecule has 1 heterocycles. The van der Waals surface area contributed by atoms with Crippen LogP contribution in [0.15, 0.2) is 0 Å². The third kappa shape index (κ3) is 2.45. The number of nitrogens with one attached hydrogen (secondary N) is 2. The van der Waals surface area contributed by atoms with Crippen molar-refractivity contribution < 1.29 is 9.53 Å². The third-order valence-electron chi connectivity index (χ3n) is 2.64. The molecule has 14 heavy (non-hydrogen) atoms. The SMILES string of the molecule is COC1(C(=O)NC(C)C)CCNCC1. The van der Waals surface area contributed by atoms with E-state index in [9.17, 15) is 4.79 Å². The maximum Gasteiger partial charge on any atom is 0.252 e. The Morgan fingerprint density at radius 1 is 1.43 bits per heavy atom. The lowest BCUT2D eigenvalue weighted by Gasteiger charge is -2.35. The average Bonchev–Trinajstić information content (AvgIpc) is 2.18. The van der Waals surface area contributed by atoms with Crippen molar-refractivity contribution in [3.63, 3.8) is 0 Å². The molecule has 1 aliphatic rings. The highest BCUT2D eigenvalue weighted by Gasteiger charge is 2.39. The molecule has 0 aliphatic carbocycles. The van der Waals surface area contributed by atoms with Gasteiger partial charge in [-0.15, -0.1) is 0 Å². The van der Waals surface area contributed by atoms with Gasteiger partial charge in [-0.2, -0.15) is 0 Å². The van der Waals surface area contributed by atoms with Crippen LogP contribution >= 0.6 is 0 Å². The zero-order chi connectivity index (χ0) is 10.6. The lowest BCUT2D eigenvalue weighted by atomic mass is 9.91. The minimum Gasteiger partial charge on any atom is -0.368 e. The van der Waals surface area contributed by atoms with Gasteiger partial charge in [0.1, 0.15) is 5.60 Å². The molecule has 82 valence electrons. The number of amides is 1. The predicted molar refractivity (Wildman–Crippen MR) is 55.1 cm³/mol. The Hall–Kier alpha value is -0.610. The van der Waals surface area contributed by atoms with Gasteiger partial charge in [-0.05, 0) is 39.8 Å². The number of piperidine rings is 1. The Bertz CT molecular complexity index is 198. The molecule has 0 unspecified atom stereocenters. The van der Waals surface area contributed by atoms with E-state index in [1.807, 2.05) is 13.8 Å². The summed E-state index contributed by atoms with van der Waals surface area (Å²) in [5.41, 5.74) is -0.602. The maximum atomic E-state index is 11.9. The minimum atomic E-state index is -0.602. The molecule has 0 aromatic rings. The van der Waals surface area contributed by atoms with Crippen molar-refractivity contribution in [2.75, 3.05) is 20.2 Å². The topological polar surface area (TPSA) is 50.4 Å². The average molecular weight is 200 g/mol. The van der Waals surface area contributed by atoms with Crippen LogP contribution < -0.4 is 10.6 Å². The van der Waals surface area contributed by atoms with E-state index in [4.69, 9.17) is 4.74 Å². The summed E-state index contributed by atoms with van der Waals surface area (Å²) in [6.45, 7) is 5.61. The van der Waals surface area contributed by atoms with Crippen LogP contribution in [0.25, 0.3) is 0 Å². The summed E-state index contributed by atoms with van der Waals surface area (Å²) in [5.74, 6) is 0.0245. The summed E-state index contributed by atoms with van der Waals surface area (Å²) in [6, 6.07) is 0.171. The van der Waals surface area contributed by atoms with Crippen molar-refractivity contribution in [1.29, 1.82) is 0 Å². The van der Waals surface area contributed by atoms with Crippen LogP contribution in [-0.2, 0) is 9.53 Å². The van der Waals surface area contributed by atoms with Crippen LogP contribution in [0, 0.1) is 0 Å². The Morgan fingerprint density at radius 3 is 2.43 bits per heavy atom. The zero-order valence-electron chi connectivity index (χ0n) is 9.22. The van der Waals surface area contributed by atoms with E-state index in [1.54, 1.807) is 7.11 Å². The van der Waals surface area contributed by atoms with Gasteiger partial charge >= 0.3 is 0 Å². The fraction of sp³-hybridized carbons (Fsp3) is 0.900. The van der Waals surface area contributed by atoms with E-state index in [0.717, 1.165) is 25.9 Å². The molecule has 1 rings (SSSR count). The number of methoxy groups -OCH3 is 1. The number of hydrogen-bond donors (Lipinski definition) is 2. The number of carbonyl (C=O) groups excluding carboxylic acids is 1. The van der Waals surface area contributed by atoms with E-state index >= 15 is 0 Å². The van der Waals surface area contributed by atoms with Gasteiger partial charge in [-0.25, -0.2) is 0 Å². The normalized spacial score (nSPS) is 20.9. The van der Waals surface area contributed by atoms with Crippen molar-refractivity contribution >= 4 is 5.91 Å². The second kappa shape index (κ2) is 4.75. The first kappa shape index (κ1) is 11.5. The van der Waals surface area contributed by atoms with Gasteiger partial charge in [0, 0.05) is 13.2 Å². The first-order valence-electron chi connectivity index (χ1n) is 5.17. The van der Waals surface area contributed by atoms with Crippen molar-refractivity contribution in [3.05, 3.63) is 0 Å². The lowest BCUT2D eigenvalue weighted by molar-refractivity contribution is -0.147. The molecule has 0 spiro atoms. The number of carbonyl (C=O) groups is 1. The molecule has 0 atom stereocenters. The summed E-state index contributed by atoms with van der Waals surface area (Å²) in [6.07, 6.45) is 1.50. The number of hydrogen-bond acceptors (Lipinski definition) is 3. The molecule has 4 heteroatoms. The van der Waals surface area contributed by atoms with Gasteiger partial charge < -0.3 is 15.4 Å². The number of ether oxygens (including phenoxy) is 1. The van der Waals surface area contributed by atoms with Gasteiger partial charge in [-0.3, -0.25) is 4.79 Å². The fourth-order valence-corrected chi connectivity index (χ4v) is 1.75. The predicted octanol–water partition coefficient (Wildman–Crippen LogP) is 0.280. The Labute approximate surface area is 85.4 Å². The Balaban J connectivity index is 2.62. The van der Waals surface area contributed by atoms with Crippen molar-refractivity contribution in [2.24, 2.45) is 0 Å². The van der Waals surface area contributed by atoms with Crippen LogP contribution in [-0.4, -0.2) is 37.7 Å². The molecule has 4 nitrogen and oxygen atoms in total. The summed E-state index contributed by atoms with van der Waals surface area (Å²) >= 11 is 0. The van der Waals surface area contributed by atoms with E-state index in [-0.39, 0.29) is 11.9 Å². The zero-order valence-corrected chi connectivity index (χ0v) is 9.22. The van der Waals surface area contributed by atoms with Gasteiger partial charge in [-0.1, -0.05) is 0 Å².